The quantitative estimate of drug-likeness (QED) is 0.800. The molecule has 0 saturated carbocycles. The number of furan rings is 1. The molecule has 23 heavy (non-hydrogen) atoms. The number of rotatable bonds is 3. The molecular formula is C16H13N3O3S. The van der Waals surface area contributed by atoms with Gasteiger partial charge in [0.25, 0.3) is 5.91 Å². The van der Waals surface area contributed by atoms with E-state index in [0.717, 1.165) is 28.2 Å². The third kappa shape index (κ3) is 2.88. The van der Waals surface area contributed by atoms with Gasteiger partial charge in [-0.3, -0.25) is 9.78 Å². The number of nitrogens with one attached hydrogen (secondary N) is 1. The Kier molecular flexibility index (Phi) is 3.64. The van der Waals surface area contributed by atoms with Crippen LogP contribution in [-0.4, -0.2) is 22.5 Å². The van der Waals surface area contributed by atoms with Crippen LogP contribution in [0.3, 0.4) is 0 Å². The van der Waals surface area contributed by atoms with E-state index in [1.807, 2.05) is 12.1 Å². The van der Waals surface area contributed by atoms with E-state index in [9.17, 15) is 4.79 Å². The van der Waals surface area contributed by atoms with Gasteiger partial charge in [0.2, 0.25) is 0 Å². The Morgan fingerprint density at radius 1 is 1.39 bits per heavy atom. The third-order valence-corrected chi connectivity index (χ3v) is 4.45. The highest BCUT2D eigenvalue weighted by molar-refractivity contribution is 7.13. The lowest BCUT2D eigenvalue weighted by Gasteiger charge is -2.16. The largest absolute Gasteiger partial charge is 0.472 e. The molecular weight excluding hydrogens is 314 g/mol. The Labute approximate surface area is 136 Å². The van der Waals surface area contributed by atoms with Crippen LogP contribution in [0.25, 0.3) is 10.6 Å². The Hall–Kier alpha value is -2.51. The lowest BCUT2D eigenvalue weighted by Crippen LogP contribution is -2.15. The van der Waals surface area contributed by atoms with Crippen molar-refractivity contribution < 1.29 is 13.9 Å². The van der Waals surface area contributed by atoms with E-state index in [1.54, 1.807) is 24.1 Å². The normalized spacial score (nSPS) is 13.6. The fourth-order valence-corrected chi connectivity index (χ4v) is 3.19. The third-order valence-electron chi connectivity index (χ3n) is 3.56. The highest BCUT2D eigenvalue weighted by Gasteiger charge is 2.15. The maximum Gasteiger partial charge on any atom is 0.275 e. The van der Waals surface area contributed by atoms with Gasteiger partial charge < -0.3 is 14.5 Å². The van der Waals surface area contributed by atoms with Crippen molar-refractivity contribution in [1.29, 1.82) is 0 Å². The Bertz CT molecular complexity index is 842. The predicted octanol–water partition coefficient (Wildman–Crippen LogP) is 3.12. The van der Waals surface area contributed by atoms with Crippen LogP contribution < -0.4 is 5.32 Å². The van der Waals surface area contributed by atoms with Crippen LogP contribution in [-0.2, 0) is 17.8 Å². The van der Waals surface area contributed by atoms with Gasteiger partial charge >= 0.3 is 0 Å². The van der Waals surface area contributed by atoms with E-state index >= 15 is 0 Å². The maximum atomic E-state index is 12.3. The lowest BCUT2D eigenvalue weighted by atomic mass is 10.1. The van der Waals surface area contributed by atoms with E-state index in [4.69, 9.17) is 9.15 Å². The molecule has 0 unspecified atom stereocenters. The van der Waals surface area contributed by atoms with Crippen molar-refractivity contribution in [3.8, 4) is 10.6 Å². The number of hydrogen-bond donors (Lipinski definition) is 1. The Morgan fingerprint density at radius 2 is 2.35 bits per heavy atom. The number of hydrogen-bond acceptors (Lipinski definition) is 6. The number of amides is 1. The summed E-state index contributed by atoms with van der Waals surface area (Å²) in [5, 5.41) is 5.31. The van der Waals surface area contributed by atoms with Gasteiger partial charge in [-0.2, -0.15) is 0 Å². The second-order valence-electron chi connectivity index (χ2n) is 5.14. The zero-order valence-electron chi connectivity index (χ0n) is 12.1. The average molecular weight is 327 g/mol. The minimum atomic E-state index is -0.255. The SMILES string of the molecule is O=C(Nc1cnc2c(c1)COCC2)c1csc(-c2ccoc2)n1. The highest BCUT2D eigenvalue weighted by Crippen LogP contribution is 2.24. The molecule has 6 nitrogen and oxygen atoms in total. The number of ether oxygens (including phenoxy) is 1. The smallest absolute Gasteiger partial charge is 0.275 e. The van der Waals surface area contributed by atoms with Gasteiger partial charge in [0, 0.05) is 28.6 Å². The van der Waals surface area contributed by atoms with Crippen LogP contribution in [0.2, 0.25) is 0 Å². The van der Waals surface area contributed by atoms with Crippen LogP contribution in [0.15, 0.2) is 40.7 Å². The fourth-order valence-electron chi connectivity index (χ4n) is 2.40. The van der Waals surface area contributed by atoms with Gasteiger partial charge in [-0.15, -0.1) is 11.3 Å². The molecule has 0 aliphatic carbocycles. The molecule has 3 aromatic rings. The molecule has 1 N–H and O–H groups in total. The molecule has 1 amide bonds. The summed E-state index contributed by atoms with van der Waals surface area (Å²) in [4.78, 5) is 21.0. The Balaban J connectivity index is 1.52. The summed E-state index contributed by atoms with van der Waals surface area (Å²) < 4.78 is 10.4. The lowest BCUT2D eigenvalue weighted by molar-refractivity contribution is 0.102. The summed E-state index contributed by atoms with van der Waals surface area (Å²) in [6.45, 7) is 1.23. The average Bonchev–Trinajstić information content (AvgIpc) is 3.26. The zero-order chi connectivity index (χ0) is 15.6. The molecule has 0 radical (unpaired) electrons. The van der Waals surface area contributed by atoms with Gasteiger partial charge in [0.05, 0.1) is 31.4 Å². The molecule has 0 atom stereocenters. The summed E-state index contributed by atoms with van der Waals surface area (Å²) in [6, 6.07) is 3.72. The number of anilines is 1. The van der Waals surface area contributed by atoms with Crippen molar-refractivity contribution in [3.63, 3.8) is 0 Å². The van der Waals surface area contributed by atoms with E-state index in [1.165, 1.54) is 11.3 Å². The first kappa shape index (κ1) is 14.1. The molecule has 1 aliphatic heterocycles. The predicted molar refractivity (Wildman–Crippen MR) is 85.4 cm³/mol. The number of fused-ring (bicyclic) bond motifs is 1. The summed E-state index contributed by atoms with van der Waals surface area (Å²) in [5.41, 5.74) is 3.94. The van der Waals surface area contributed by atoms with Crippen molar-refractivity contribution in [2.24, 2.45) is 0 Å². The van der Waals surface area contributed by atoms with Crippen molar-refractivity contribution in [2.45, 2.75) is 13.0 Å². The number of nitrogens with zero attached hydrogens (tertiary/aromatic N) is 2. The molecule has 4 heterocycles. The van der Waals surface area contributed by atoms with Crippen LogP contribution >= 0.6 is 11.3 Å². The Morgan fingerprint density at radius 3 is 3.22 bits per heavy atom. The van der Waals surface area contributed by atoms with Crippen molar-refractivity contribution in [2.75, 3.05) is 11.9 Å². The monoisotopic (exact) mass is 327 g/mol. The standard InChI is InChI=1S/C16H13N3O3S/c20-15(14-9-23-16(19-14)10-1-3-21-7-10)18-12-5-11-8-22-4-2-13(11)17-6-12/h1,3,5-7,9H,2,4,8H2,(H,18,20). The molecule has 0 aromatic carbocycles. The van der Waals surface area contributed by atoms with Gasteiger partial charge in [0.1, 0.15) is 17.0 Å². The van der Waals surface area contributed by atoms with Crippen molar-refractivity contribution in [1.82, 2.24) is 9.97 Å². The molecule has 4 rings (SSSR count). The second kappa shape index (κ2) is 5.94. The number of thiazole rings is 1. The number of carbonyl (C=O) groups is 1. The molecule has 0 bridgehead atoms. The van der Waals surface area contributed by atoms with E-state index in [-0.39, 0.29) is 5.91 Å². The number of carbonyl (C=O) groups excluding carboxylic acids is 1. The summed E-state index contributed by atoms with van der Waals surface area (Å²) in [5.74, 6) is -0.255. The van der Waals surface area contributed by atoms with Crippen LogP contribution in [0.4, 0.5) is 5.69 Å². The van der Waals surface area contributed by atoms with Gasteiger partial charge in [0.15, 0.2) is 0 Å². The molecule has 1 aliphatic rings. The molecule has 7 heteroatoms. The number of aromatic nitrogens is 2. The topological polar surface area (TPSA) is 77.2 Å². The van der Waals surface area contributed by atoms with Crippen LogP contribution in [0.5, 0.6) is 0 Å². The molecule has 3 aromatic heterocycles. The van der Waals surface area contributed by atoms with Crippen LogP contribution in [0, 0.1) is 0 Å². The second-order valence-corrected chi connectivity index (χ2v) is 5.99. The summed E-state index contributed by atoms with van der Waals surface area (Å²) in [7, 11) is 0. The van der Waals surface area contributed by atoms with E-state index < -0.39 is 0 Å². The zero-order valence-corrected chi connectivity index (χ0v) is 12.9. The first-order valence-corrected chi connectivity index (χ1v) is 8.02. The fraction of sp³-hybridized carbons (Fsp3) is 0.188. The van der Waals surface area contributed by atoms with Gasteiger partial charge in [-0.25, -0.2) is 4.98 Å². The molecule has 0 fully saturated rings. The van der Waals surface area contributed by atoms with Gasteiger partial charge in [-0.05, 0) is 12.1 Å². The van der Waals surface area contributed by atoms with Crippen molar-refractivity contribution in [3.05, 3.63) is 53.2 Å². The number of pyridine rings is 1. The highest BCUT2D eigenvalue weighted by atomic mass is 32.1. The van der Waals surface area contributed by atoms with E-state index in [0.29, 0.717) is 24.6 Å². The minimum Gasteiger partial charge on any atom is -0.472 e. The summed E-state index contributed by atoms with van der Waals surface area (Å²) >= 11 is 1.40. The molecule has 0 saturated heterocycles. The first-order valence-electron chi connectivity index (χ1n) is 7.14. The van der Waals surface area contributed by atoms with Crippen molar-refractivity contribution >= 4 is 22.9 Å². The maximum absolute atomic E-state index is 12.3. The first-order chi connectivity index (χ1) is 11.3. The van der Waals surface area contributed by atoms with E-state index in [2.05, 4.69) is 15.3 Å². The summed E-state index contributed by atoms with van der Waals surface area (Å²) in [6.07, 6.45) is 5.67. The molecule has 116 valence electrons. The van der Waals surface area contributed by atoms with Crippen LogP contribution in [0.1, 0.15) is 21.7 Å². The minimum absolute atomic E-state index is 0.255. The van der Waals surface area contributed by atoms with Gasteiger partial charge in [-0.1, -0.05) is 0 Å². The molecule has 0 spiro atoms.